The molecule has 0 aromatic carbocycles. The Balaban J connectivity index is 2.47. The van der Waals surface area contributed by atoms with Crippen LogP contribution in [0.3, 0.4) is 0 Å². The molecule has 0 radical (unpaired) electrons. The molecule has 1 heterocycles. The quantitative estimate of drug-likeness (QED) is 0.643. The van der Waals surface area contributed by atoms with Gasteiger partial charge in [-0.05, 0) is 0 Å². The second kappa shape index (κ2) is 3.77. The Hall–Kier alpha value is -1.06. The summed E-state index contributed by atoms with van der Waals surface area (Å²) in [5.74, 6) is 0.141. The van der Waals surface area contributed by atoms with Gasteiger partial charge in [0.1, 0.15) is 0 Å². The van der Waals surface area contributed by atoms with Crippen LogP contribution in [0, 0.1) is 5.92 Å². The lowest BCUT2D eigenvalue weighted by Crippen LogP contribution is -2.35. The van der Waals surface area contributed by atoms with Gasteiger partial charge < -0.3 is 9.80 Å². The van der Waals surface area contributed by atoms with Gasteiger partial charge in [-0.3, -0.25) is 4.79 Å². The van der Waals surface area contributed by atoms with Crippen LogP contribution in [0.2, 0.25) is 0 Å². The van der Waals surface area contributed by atoms with Crippen molar-refractivity contribution in [3.05, 3.63) is 0 Å². The zero-order valence-corrected chi connectivity index (χ0v) is 8.41. The Morgan fingerprint density at radius 2 is 2.08 bits per heavy atom. The van der Waals surface area contributed by atoms with Gasteiger partial charge in [-0.1, -0.05) is 13.8 Å². The Labute approximate surface area is 78.5 Å². The van der Waals surface area contributed by atoms with Crippen LogP contribution >= 0.6 is 0 Å². The normalized spacial score (nSPS) is 17.4. The molecule has 1 aliphatic rings. The van der Waals surface area contributed by atoms with Crippen LogP contribution in [0.1, 0.15) is 13.8 Å². The minimum Gasteiger partial charge on any atom is -0.326 e. The molecule has 1 saturated heterocycles. The summed E-state index contributed by atoms with van der Waals surface area (Å²) in [4.78, 5) is 25.9. The molecule has 0 unspecified atom stereocenters. The van der Waals surface area contributed by atoms with Crippen LogP contribution in [0.4, 0.5) is 4.79 Å². The van der Waals surface area contributed by atoms with E-state index in [1.165, 1.54) is 0 Å². The Bertz CT molecular complexity index is 226. The number of ketones is 1. The molecule has 1 fully saturated rings. The molecule has 0 aromatic rings. The van der Waals surface area contributed by atoms with Crippen molar-refractivity contribution >= 4 is 11.8 Å². The van der Waals surface area contributed by atoms with Crippen molar-refractivity contribution in [2.24, 2.45) is 5.92 Å². The average molecular weight is 184 g/mol. The van der Waals surface area contributed by atoms with Crippen LogP contribution < -0.4 is 0 Å². The molecular formula is C9H16N2O2. The van der Waals surface area contributed by atoms with Crippen molar-refractivity contribution in [1.82, 2.24) is 9.80 Å². The maximum Gasteiger partial charge on any atom is 0.320 e. The summed E-state index contributed by atoms with van der Waals surface area (Å²) in [5.41, 5.74) is 0. The van der Waals surface area contributed by atoms with E-state index in [9.17, 15) is 9.59 Å². The number of carbonyl (C=O) groups excluding carboxylic acids is 2. The molecule has 0 bridgehead atoms. The number of amides is 2. The lowest BCUT2D eigenvalue weighted by Gasteiger charge is -2.15. The number of rotatable bonds is 3. The maximum absolute atomic E-state index is 11.4. The van der Waals surface area contributed by atoms with Crippen LogP contribution in [0.25, 0.3) is 0 Å². The fourth-order valence-corrected chi connectivity index (χ4v) is 1.22. The van der Waals surface area contributed by atoms with Crippen LogP contribution in [0.5, 0.6) is 0 Å². The molecule has 1 aliphatic heterocycles. The van der Waals surface area contributed by atoms with Gasteiger partial charge in [-0.25, -0.2) is 4.79 Å². The number of hydrogen-bond acceptors (Lipinski definition) is 2. The molecule has 4 heteroatoms. The molecule has 0 N–H and O–H groups in total. The number of carbonyl (C=O) groups is 2. The zero-order chi connectivity index (χ0) is 10.0. The molecule has 1 rings (SSSR count). The van der Waals surface area contributed by atoms with Crippen molar-refractivity contribution in [2.75, 3.05) is 26.7 Å². The maximum atomic E-state index is 11.4. The molecule has 4 nitrogen and oxygen atoms in total. The number of nitrogens with zero attached hydrogens (tertiary/aromatic N) is 2. The van der Waals surface area contributed by atoms with Gasteiger partial charge in [-0.15, -0.1) is 0 Å². The van der Waals surface area contributed by atoms with Crippen LogP contribution in [-0.4, -0.2) is 48.3 Å². The molecule has 13 heavy (non-hydrogen) atoms. The third-order valence-corrected chi connectivity index (χ3v) is 2.29. The van der Waals surface area contributed by atoms with E-state index in [-0.39, 0.29) is 24.3 Å². The van der Waals surface area contributed by atoms with E-state index in [0.29, 0.717) is 6.54 Å². The topological polar surface area (TPSA) is 40.6 Å². The van der Waals surface area contributed by atoms with Gasteiger partial charge >= 0.3 is 6.03 Å². The SMILES string of the molecule is CC(C)C(=O)CN1CCN(C)C1=O. The number of hydrogen-bond donors (Lipinski definition) is 0. The summed E-state index contributed by atoms with van der Waals surface area (Å²) in [5, 5.41) is 0. The highest BCUT2D eigenvalue weighted by Crippen LogP contribution is 2.07. The summed E-state index contributed by atoms with van der Waals surface area (Å²) in [6.07, 6.45) is 0. The predicted molar refractivity (Wildman–Crippen MR) is 49.4 cm³/mol. The monoisotopic (exact) mass is 184 g/mol. The lowest BCUT2D eigenvalue weighted by atomic mass is 10.1. The second-order valence-electron chi connectivity index (χ2n) is 3.75. The van der Waals surface area contributed by atoms with Crippen LogP contribution in [0.15, 0.2) is 0 Å². The van der Waals surface area contributed by atoms with Gasteiger partial charge in [0.15, 0.2) is 5.78 Å². The van der Waals surface area contributed by atoms with Gasteiger partial charge in [0.25, 0.3) is 0 Å². The molecule has 0 atom stereocenters. The van der Waals surface area contributed by atoms with Crippen LogP contribution in [-0.2, 0) is 4.79 Å². The van der Waals surface area contributed by atoms with E-state index in [2.05, 4.69) is 0 Å². The highest BCUT2D eigenvalue weighted by molar-refractivity contribution is 5.87. The number of urea groups is 1. The van der Waals surface area contributed by atoms with Crippen molar-refractivity contribution in [3.63, 3.8) is 0 Å². The molecule has 0 aromatic heterocycles. The minimum absolute atomic E-state index is 0.0127. The highest BCUT2D eigenvalue weighted by Gasteiger charge is 2.27. The standard InChI is InChI=1S/C9H16N2O2/c1-7(2)8(12)6-11-5-4-10(3)9(11)13/h7H,4-6H2,1-3H3. The Morgan fingerprint density at radius 3 is 2.46 bits per heavy atom. The third-order valence-electron chi connectivity index (χ3n) is 2.29. The van der Waals surface area contributed by atoms with Gasteiger partial charge in [0.05, 0.1) is 6.54 Å². The molecular weight excluding hydrogens is 168 g/mol. The summed E-state index contributed by atoms with van der Waals surface area (Å²) in [6.45, 7) is 5.37. The van der Waals surface area contributed by atoms with E-state index in [1.807, 2.05) is 13.8 Å². The second-order valence-corrected chi connectivity index (χ2v) is 3.75. The first-order chi connectivity index (χ1) is 6.02. The summed E-state index contributed by atoms with van der Waals surface area (Å²) >= 11 is 0. The third kappa shape index (κ3) is 2.20. The molecule has 0 saturated carbocycles. The van der Waals surface area contributed by atoms with Crippen molar-refractivity contribution in [2.45, 2.75) is 13.8 Å². The summed E-state index contributed by atoms with van der Waals surface area (Å²) in [7, 11) is 1.75. The van der Waals surface area contributed by atoms with Gasteiger partial charge in [0, 0.05) is 26.1 Å². The van der Waals surface area contributed by atoms with E-state index in [4.69, 9.17) is 0 Å². The Morgan fingerprint density at radius 1 is 1.46 bits per heavy atom. The van der Waals surface area contributed by atoms with E-state index in [0.717, 1.165) is 6.54 Å². The summed E-state index contributed by atoms with van der Waals surface area (Å²) in [6, 6.07) is -0.0333. The highest BCUT2D eigenvalue weighted by atomic mass is 16.2. The van der Waals surface area contributed by atoms with Crippen molar-refractivity contribution in [3.8, 4) is 0 Å². The average Bonchev–Trinajstić information content (AvgIpc) is 2.36. The van der Waals surface area contributed by atoms with Gasteiger partial charge in [-0.2, -0.15) is 0 Å². The minimum atomic E-state index is -0.0333. The van der Waals surface area contributed by atoms with E-state index in [1.54, 1.807) is 16.8 Å². The first-order valence-corrected chi connectivity index (χ1v) is 4.55. The fraction of sp³-hybridized carbons (Fsp3) is 0.778. The number of Topliss-reactive ketones (excluding diaryl/α,β-unsaturated/α-hetero) is 1. The first kappa shape index (κ1) is 10.0. The smallest absolute Gasteiger partial charge is 0.320 e. The Kier molecular flexibility index (Phi) is 2.90. The molecule has 0 spiro atoms. The van der Waals surface area contributed by atoms with Gasteiger partial charge in [0.2, 0.25) is 0 Å². The van der Waals surface area contributed by atoms with Crippen molar-refractivity contribution in [1.29, 1.82) is 0 Å². The van der Waals surface area contributed by atoms with Crippen molar-refractivity contribution < 1.29 is 9.59 Å². The largest absolute Gasteiger partial charge is 0.326 e. The number of likely N-dealkylation sites (N-methyl/N-ethyl adjacent to an activating group) is 1. The molecule has 0 aliphatic carbocycles. The predicted octanol–water partition coefficient (Wildman–Crippen LogP) is 0.579. The lowest BCUT2D eigenvalue weighted by molar-refractivity contribution is -0.122. The molecule has 74 valence electrons. The first-order valence-electron chi connectivity index (χ1n) is 4.55. The summed E-state index contributed by atoms with van der Waals surface area (Å²) < 4.78 is 0. The zero-order valence-electron chi connectivity index (χ0n) is 8.41. The van der Waals surface area contributed by atoms with E-state index >= 15 is 0 Å². The van der Waals surface area contributed by atoms with E-state index < -0.39 is 0 Å². The fourth-order valence-electron chi connectivity index (χ4n) is 1.22. The molecule has 2 amide bonds.